The third-order valence-corrected chi connectivity index (χ3v) is 4.51. The first kappa shape index (κ1) is 21.7. The Bertz CT molecular complexity index is 1000. The molecule has 2 aromatic heterocycles. The van der Waals surface area contributed by atoms with Crippen molar-refractivity contribution < 1.29 is 23.0 Å². The van der Waals surface area contributed by atoms with Crippen LogP contribution < -0.4 is 15.4 Å². The Morgan fingerprint density at radius 3 is 2.63 bits per heavy atom. The van der Waals surface area contributed by atoms with Crippen molar-refractivity contribution in [2.75, 3.05) is 33.4 Å². The predicted octanol–water partition coefficient (Wildman–Crippen LogP) is 2.47. The molecule has 160 valence electrons. The number of nitrogens with zero attached hydrogens (tertiary/aromatic N) is 2. The Balaban J connectivity index is 1.72. The lowest BCUT2D eigenvalue weighted by molar-refractivity contribution is 0.0947. The van der Waals surface area contributed by atoms with Crippen molar-refractivity contribution in [3.63, 3.8) is 0 Å². The summed E-state index contributed by atoms with van der Waals surface area (Å²) in [4.78, 5) is 17.1. The lowest BCUT2D eigenvalue weighted by Gasteiger charge is -2.10. The number of fused-ring (bicyclic) bond motifs is 1. The second-order valence-electron chi connectivity index (χ2n) is 6.60. The van der Waals surface area contributed by atoms with Gasteiger partial charge >= 0.3 is 0 Å². The standard InChI is InChI=1S/C21H24F2N4O3/c1-14-19(21(28)25-9-8-24-10-12-29-2)27-11-4-7-18(20(27)26-14)30-13-15-16(22)5-3-6-17(15)23/h3-7,11,24H,8-10,12-13H2,1-2H3,(H,25,28). The highest BCUT2D eigenvalue weighted by atomic mass is 19.1. The fourth-order valence-electron chi connectivity index (χ4n) is 3.01. The van der Waals surface area contributed by atoms with Crippen LogP contribution in [-0.2, 0) is 11.3 Å². The summed E-state index contributed by atoms with van der Waals surface area (Å²) in [5.74, 6) is -1.31. The van der Waals surface area contributed by atoms with Gasteiger partial charge in [0.05, 0.1) is 17.9 Å². The fraction of sp³-hybridized carbons (Fsp3) is 0.333. The van der Waals surface area contributed by atoms with Crippen LogP contribution in [0, 0.1) is 18.6 Å². The minimum absolute atomic E-state index is 0.165. The highest BCUT2D eigenvalue weighted by Crippen LogP contribution is 2.24. The molecule has 1 amide bonds. The van der Waals surface area contributed by atoms with Crippen molar-refractivity contribution >= 4 is 11.6 Å². The van der Waals surface area contributed by atoms with Gasteiger partial charge in [-0.25, -0.2) is 13.8 Å². The molecule has 1 aromatic carbocycles. The highest BCUT2D eigenvalue weighted by Gasteiger charge is 2.19. The van der Waals surface area contributed by atoms with E-state index in [4.69, 9.17) is 9.47 Å². The zero-order chi connectivity index (χ0) is 21.5. The Kier molecular flexibility index (Phi) is 7.31. The average Bonchev–Trinajstić information content (AvgIpc) is 3.06. The van der Waals surface area contributed by atoms with Crippen molar-refractivity contribution in [3.05, 3.63) is 65.1 Å². The Morgan fingerprint density at radius 2 is 1.90 bits per heavy atom. The van der Waals surface area contributed by atoms with Crippen molar-refractivity contribution in [3.8, 4) is 5.75 Å². The first-order chi connectivity index (χ1) is 14.5. The van der Waals surface area contributed by atoms with Crippen LogP contribution in [0.5, 0.6) is 5.75 Å². The Labute approximate surface area is 173 Å². The fourth-order valence-corrected chi connectivity index (χ4v) is 3.01. The van der Waals surface area contributed by atoms with E-state index in [0.717, 1.165) is 0 Å². The molecule has 0 spiro atoms. The quantitative estimate of drug-likeness (QED) is 0.495. The van der Waals surface area contributed by atoms with Crippen LogP contribution in [0.4, 0.5) is 8.78 Å². The second-order valence-corrected chi connectivity index (χ2v) is 6.60. The summed E-state index contributed by atoms with van der Waals surface area (Å²) in [6, 6.07) is 6.97. The first-order valence-electron chi connectivity index (χ1n) is 9.54. The topological polar surface area (TPSA) is 76.9 Å². The molecule has 0 aliphatic carbocycles. The number of halogens is 2. The van der Waals surface area contributed by atoms with E-state index >= 15 is 0 Å². The molecule has 7 nitrogen and oxygen atoms in total. The number of hydrogen-bond acceptors (Lipinski definition) is 5. The van der Waals surface area contributed by atoms with Gasteiger partial charge < -0.3 is 20.1 Å². The lowest BCUT2D eigenvalue weighted by Crippen LogP contribution is -2.33. The molecule has 0 atom stereocenters. The second kappa shape index (κ2) is 10.1. The minimum Gasteiger partial charge on any atom is -0.485 e. The molecule has 0 aliphatic heterocycles. The van der Waals surface area contributed by atoms with E-state index in [1.54, 1.807) is 36.8 Å². The summed E-state index contributed by atoms with van der Waals surface area (Å²) < 4.78 is 39.9. The zero-order valence-electron chi connectivity index (χ0n) is 16.9. The Hall–Kier alpha value is -3.04. The van der Waals surface area contributed by atoms with Gasteiger partial charge in [-0.1, -0.05) is 6.07 Å². The maximum absolute atomic E-state index is 13.9. The first-order valence-corrected chi connectivity index (χ1v) is 9.54. The SMILES string of the molecule is COCCNCCNC(=O)c1c(C)nc2c(OCc3c(F)cccc3F)cccn12. The monoisotopic (exact) mass is 418 g/mol. The van der Waals surface area contributed by atoms with E-state index in [1.807, 2.05) is 0 Å². The maximum Gasteiger partial charge on any atom is 0.270 e. The zero-order valence-corrected chi connectivity index (χ0v) is 16.9. The van der Waals surface area contributed by atoms with Gasteiger partial charge in [-0.05, 0) is 31.2 Å². The molecule has 0 aliphatic rings. The van der Waals surface area contributed by atoms with Crippen LogP contribution in [-0.4, -0.2) is 48.6 Å². The van der Waals surface area contributed by atoms with Crippen molar-refractivity contribution in [2.45, 2.75) is 13.5 Å². The number of aryl methyl sites for hydroxylation is 1. The van der Waals surface area contributed by atoms with Gasteiger partial charge in [0.25, 0.3) is 5.91 Å². The van der Waals surface area contributed by atoms with Gasteiger partial charge in [-0.15, -0.1) is 0 Å². The molecule has 0 fully saturated rings. The number of rotatable bonds is 10. The van der Waals surface area contributed by atoms with Crippen LogP contribution in [0.1, 0.15) is 21.7 Å². The van der Waals surface area contributed by atoms with Gasteiger partial charge in [-0.2, -0.15) is 0 Å². The summed E-state index contributed by atoms with van der Waals surface area (Å²) >= 11 is 0. The number of ether oxygens (including phenoxy) is 2. The summed E-state index contributed by atoms with van der Waals surface area (Å²) in [7, 11) is 1.63. The highest BCUT2D eigenvalue weighted by molar-refractivity contribution is 5.95. The minimum atomic E-state index is -0.680. The maximum atomic E-state index is 13.9. The van der Waals surface area contributed by atoms with Crippen molar-refractivity contribution in [1.29, 1.82) is 0 Å². The van der Waals surface area contributed by atoms with Crippen LogP contribution in [0.15, 0.2) is 36.5 Å². The number of nitrogens with one attached hydrogen (secondary N) is 2. The number of hydrogen-bond donors (Lipinski definition) is 2. The summed E-state index contributed by atoms with van der Waals surface area (Å²) in [5.41, 5.74) is 1.13. The molecule has 3 aromatic rings. The molecule has 0 saturated carbocycles. The van der Waals surface area contributed by atoms with E-state index < -0.39 is 11.6 Å². The van der Waals surface area contributed by atoms with Gasteiger partial charge in [0.2, 0.25) is 0 Å². The van der Waals surface area contributed by atoms with Crippen LogP contribution >= 0.6 is 0 Å². The number of pyridine rings is 1. The Morgan fingerprint density at radius 1 is 1.13 bits per heavy atom. The largest absolute Gasteiger partial charge is 0.485 e. The lowest BCUT2D eigenvalue weighted by atomic mass is 10.2. The van der Waals surface area contributed by atoms with Crippen LogP contribution in [0.25, 0.3) is 5.65 Å². The predicted molar refractivity (Wildman–Crippen MR) is 108 cm³/mol. The van der Waals surface area contributed by atoms with Gasteiger partial charge in [-0.3, -0.25) is 9.20 Å². The van der Waals surface area contributed by atoms with Gasteiger partial charge in [0.1, 0.15) is 23.9 Å². The van der Waals surface area contributed by atoms with E-state index in [2.05, 4.69) is 15.6 Å². The smallest absolute Gasteiger partial charge is 0.270 e. The van der Waals surface area contributed by atoms with Crippen LogP contribution in [0.2, 0.25) is 0 Å². The third-order valence-electron chi connectivity index (χ3n) is 4.51. The third kappa shape index (κ3) is 4.92. The molecule has 2 N–H and O–H groups in total. The number of methoxy groups -OCH3 is 1. The number of amides is 1. The molecular formula is C21H24F2N4O3. The molecule has 2 heterocycles. The molecule has 0 bridgehead atoms. The molecular weight excluding hydrogens is 394 g/mol. The van der Waals surface area contributed by atoms with Crippen molar-refractivity contribution in [2.24, 2.45) is 0 Å². The van der Waals surface area contributed by atoms with Gasteiger partial charge in [0.15, 0.2) is 11.4 Å². The van der Waals surface area contributed by atoms with E-state index in [1.165, 1.54) is 18.2 Å². The van der Waals surface area contributed by atoms with E-state index in [0.29, 0.717) is 49.0 Å². The molecule has 3 rings (SSSR count). The normalized spacial score (nSPS) is 11.1. The number of carbonyl (C=O) groups is 1. The van der Waals surface area contributed by atoms with Crippen LogP contribution in [0.3, 0.4) is 0 Å². The van der Waals surface area contributed by atoms with Gasteiger partial charge in [0, 0.05) is 32.9 Å². The average molecular weight is 418 g/mol. The van der Waals surface area contributed by atoms with E-state index in [9.17, 15) is 13.6 Å². The molecule has 30 heavy (non-hydrogen) atoms. The van der Waals surface area contributed by atoms with E-state index in [-0.39, 0.29) is 18.1 Å². The molecule has 9 heteroatoms. The molecule has 0 saturated heterocycles. The summed E-state index contributed by atoms with van der Waals surface area (Å²) in [6.45, 7) is 3.77. The number of aromatic nitrogens is 2. The molecule has 0 unspecified atom stereocenters. The number of imidazole rings is 1. The number of carbonyl (C=O) groups excluding carboxylic acids is 1. The summed E-state index contributed by atoms with van der Waals surface area (Å²) in [5, 5.41) is 5.99. The summed E-state index contributed by atoms with van der Waals surface area (Å²) in [6.07, 6.45) is 1.69. The molecule has 0 radical (unpaired) electrons. The number of benzene rings is 1. The van der Waals surface area contributed by atoms with Crippen molar-refractivity contribution in [1.82, 2.24) is 20.0 Å².